The van der Waals surface area contributed by atoms with E-state index in [9.17, 15) is 8.78 Å². The lowest BCUT2D eigenvalue weighted by molar-refractivity contribution is 0.509. The highest BCUT2D eigenvalue weighted by atomic mass is 19.2. The van der Waals surface area contributed by atoms with Crippen molar-refractivity contribution in [1.29, 1.82) is 0 Å². The Labute approximate surface area is 101 Å². The smallest absolute Gasteiger partial charge is 0.236 e. The van der Waals surface area contributed by atoms with Gasteiger partial charge in [0, 0.05) is 18.0 Å². The second-order valence-corrected chi connectivity index (χ2v) is 3.76. The fourth-order valence-corrected chi connectivity index (χ4v) is 1.83. The van der Waals surface area contributed by atoms with Gasteiger partial charge < -0.3 is 5.73 Å². The van der Waals surface area contributed by atoms with E-state index in [-0.39, 0.29) is 5.82 Å². The van der Waals surface area contributed by atoms with E-state index in [0.29, 0.717) is 17.0 Å². The van der Waals surface area contributed by atoms with Crippen molar-refractivity contribution in [3.8, 4) is 11.3 Å². The van der Waals surface area contributed by atoms with Gasteiger partial charge in [0.15, 0.2) is 17.5 Å². The number of hydrogen-bond donors (Lipinski definition) is 1. The molecular weight excluding hydrogens is 238 g/mol. The maximum absolute atomic E-state index is 13.2. The topological polar surface area (TPSA) is 56.2 Å². The van der Waals surface area contributed by atoms with Crippen LogP contribution in [0.2, 0.25) is 0 Å². The van der Waals surface area contributed by atoms with Gasteiger partial charge in [0.25, 0.3) is 0 Å². The molecule has 2 aromatic heterocycles. The number of fused-ring (bicyclic) bond motifs is 1. The van der Waals surface area contributed by atoms with Crippen LogP contribution in [-0.4, -0.2) is 14.4 Å². The third kappa shape index (κ3) is 1.50. The molecule has 90 valence electrons. The van der Waals surface area contributed by atoms with Crippen molar-refractivity contribution in [2.75, 3.05) is 5.73 Å². The van der Waals surface area contributed by atoms with Gasteiger partial charge in [-0.1, -0.05) is 0 Å². The van der Waals surface area contributed by atoms with Crippen LogP contribution in [0.4, 0.5) is 14.6 Å². The molecule has 0 spiro atoms. The summed E-state index contributed by atoms with van der Waals surface area (Å²) in [5.41, 5.74) is 6.73. The molecule has 2 N–H and O–H groups in total. The van der Waals surface area contributed by atoms with Crippen molar-refractivity contribution in [1.82, 2.24) is 14.4 Å². The summed E-state index contributed by atoms with van der Waals surface area (Å²) in [5.74, 6) is -1.19. The highest BCUT2D eigenvalue weighted by Gasteiger charge is 2.13. The molecule has 4 nitrogen and oxygen atoms in total. The molecule has 0 amide bonds. The Morgan fingerprint density at radius 2 is 2.00 bits per heavy atom. The molecule has 2 heterocycles. The zero-order chi connectivity index (χ0) is 12.7. The minimum absolute atomic E-state index is 0.222. The first-order valence-electron chi connectivity index (χ1n) is 5.21. The van der Waals surface area contributed by atoms with Crippen molar-refractivity contribution in [3.63, 3.8) is 0 Å². The molecule has 3 rings (SSSR count). The summed E-state index contributed by atoms with van der Waals surface area (Å²) < 4.78 is 27.8. The minimum atomic E-state index is -0.925. The predicted octanol–water partition coefficient (Wildman–Crippen LogP) is 2.26. The molecule has 0 bridgehead atoms. The normalized spacial score (nSPS) is 11.0. The lowest BCUT2D eigenvalue weighted by atomic mass is 10.1. The monoisotopic (exact) mass is 246 g/mol. The number of nitrogens with zero attached hydrogens (tertiary/aromatic N) is 3. The first kappa shape index (κ1) is 10.6. The van der Waals surface area contributed by atoms with Crippen LogP contribution >= 0.6 is 0 Å². The van der Waals surface area contributed by atoms with Crippen molar-refractivity contribution in [3.05, 3.63) is 48.3 Å². The molecular formula is C12H8F2N4. The number of imidazole rings is 1. The summed E-state index contributed by atoms with van der Waals surface area (Å²) in [6.07, 6.45) is 3.29. The fraction of sp³-hybridized carbons (Fsp3) is 0. The van der Waals surface area contributed by atoms with Gasteiger partial charge in [-0.3, -0.25) is 4.40 Å². The van der Waals surface area contributed by atoms with Crippen LogP contribution in [-0.2, 0) is 0 Å². The number of aromatic nitrogens is 3. The van der Waals surface area contributed by atoms with Gasteiger partial charge in [0.1, 0.15) is 0 Å². The summed E-state index contributed by atoms with van der Waals surface area (Å²) in [5, 5.41) is 0. The number of benzene rings is 1. The summed E-state index contributed by atoms with van der Waals surface area (Å²) in [7, 11) is 0. The van der Waals surface area contributed by atoms with Gasteiger partial charge in [-0.15, -0.1) is 0 Å². The maximum atomic E-state index is 13.2. The van der Waals surface area contributed by atoms with Crippen LogP contribution in [0.1, 0.15) is 0 Å². The number of rotatable bonds is 1. The van der Waals surface area contributed by atoms with Crippen LogP contribution < -0.4 is 5.73 Å². The molecule has 0 atom stereocenters. The van der Waals surface area contributed by atoms with Crippen molar-refractivity contribution in [2.24, 2.45) is 0 Å². The third-order valence-electron chi connectivity index (χ3n) is 2.62. The Morgan fingerprint density at radius 1 is 1.17 bits per heavy atom. The van der Waals surface area contributed by atoms with E-state index in [1.54, 1.807) is 22.9 Å². The largest absolute Gasteiger partial charge is 0.382 e. The molecule has 0 unspecified atom stereocenters. The van der Waals surface area contributed by atoms with E-state index < -0.39 is 11.6 Å². The minimum Gasteiger partial charge on any atom is -0.382 e. The van der Waals surface area contributed by atoms with Crippen molar-refractivity contribution >= 4 is 11.6 Å². The summed E-state index contributed by atoms with van der Waals surface area (Å²) in [6.45, 7) is 0. The van der Waals surface area contributed by atoms with E-state index in [1.165, 1.54) is 6.07 Å². The average Bonchev–Trinajstić information content (AvgIpc) is 2.69. The molecule has 6 heteroatoms. The second-order valence-electron chi connectivity index (χ2n) is 3.76. The van der Waals surface area contributed by atoms with Gasteiger partial charge in [-0.2, -0.15) is 4.98 Å². The second kappa shape index (κ2) is 3.76. The maximum Gasteiger partial charge on any atom is 0.236 e. The molecule has 1 aromatic carbocycles. The highest BCUT2D eigenvalue weighted by Crippen LogP contribution is 2.27. The van der Waals surface area contributed by atoms with Crippen LogP contribution in [0.25, 0.3) is 17.0 Å². The summed E-state index contributed by atoms with van der Waals surface area (Å²) in [4.78, 5) is 8.09. The zero-order valence-electron chi connectivity index (χ0n) is 9.14. The van der Waals surface area contributed by atoms with Gasteiger partial charge in [0.05, 0.1) is 5.69 Å². The number of nitrogens with two attached hydrogens (primary N) is 1. The Bertz CT molecular complexity index is 736. The molecule has 0 aliphatic rings. The van der Waals surface area contributed by atoms with E-state index in [0.717, 1.165) is 12.1 Å². The van der Waals surface area contributed by atoms with E-state index in [1.807, 2.05) is 0 Å². The van der Waals surface area contributed by atoms with E-state index >= 15 is 0 Å². The highest BCUT2D eigenvalue weighted by molar-refractivity contribution is 5.74. The molecule has 3 aromatic rings. The Morgan fingerprint density at radius 3 is 2.78 bits per heavy atom. The molecule has 0 saturated heterocycles. The molecule has 0 radical (unpaired) electrons. The quantitative estimate of drug-likeness (QED) is 0.716. The van der Waals surface area contributed by atoms with Crippen LogP contribution in [0.5, 0.6) is 0 Å². The number of nitrogen functional groups attached to an aromatic ring is 1. The van der Waals surface area contributed by atoms with Crippen LogP contribution in [0.3, 0.4) is 0 Å². The first-order valence-corrected chi connectivity index (χ1v) is 5.21. The van der Waals surface area contributed by atoms with Crippen LogP contribution in [0, 0.1) is 11.6 Å². The molecule has 0 saturated carbocycles. The summed E-state index contributed by atoms with van der Waals surface area (Å²) >= 11 is 0. The Balaban J connectivity index is 2.30. The van der Waals surface area contributed by atoms with E-state index in [4.69, 9.17) is 5.73 Å². The van der Waals surface area contributed by atoms with Gasteiger partial charge in [0.2, 0.25) is 5.78 Å². The standard InChI is InChI=1S/C12H8F2N4/c13-8-3-2-7(6-9(8)14)10-11(15)17-12-16-4-1-5-18(10)12/h1-6H,15H2. The van der Waals surface area contributed by atoms with Gasteiger partial charge >= 0.3 is 0 Å². The van der Waals surface area contributed by atoms with Gasteiger partial charge in [-0.05, 0) is 24.3 Å². The zero-order valence-corrected chi connectivity index (χ0v) is 9.14. The SMILES string of the molecule is Nc1nc2ncccn2c1-c1ccc(F)c(F)c1. The van der Waals surface area contributed by atoms with Crippen molar-refractivity contribution in [2.45, 2.75) is 0 Å². The van der Waals surface area contributed by atoms with E-state index in [2.05, 4.69) is 9.97 Å². The third-order valence-corrected chi connectivity index (χ3v) is 2.62. The molecule has 18 heavy (non-hydrogen) atoms. The number of halogens is 2. The molecule has 0 aliphatic carbocycles. The number of anilines is 1. The van der Waals surface area contributed by atoms with Crippen molar-refractivity contribution < 1.29 is 8.78 Å². The lowest BCUT2D eigenvalue weighted by Crippen LogP contribution is -1.94. The Hall–Kier alpha value is -2.50. The lowest BCUT2D eigenvalue weighted by Gasteiger charge is -2.03. The summed E-state index contributed by atoms with van der Waals surface area (Å²) in [6, 6.07) is 5.30. The predicted molar refractivity (Wildman–Crippen MR) is 62.8 cm³/mol. The first-order chi connectivity index (χ1) is 8.66. The average molecular weight is 246 g/mol. The molecule has 0 fully saturated rings. The number of hydrogen-bond acceptors (Lipinski definition) is 3. The Kier molecular flexibility index (Phi) is 2.22. The fourth-order valence-electron chi connectivity index (χ4n) is 1.83. The molecule has 0 aliphatic heterocycles. The van der Waals surface area contributed by atoms with Crippen LogP contribution in [0.15, 0.2) is 36.7 Å². The van der Waals surface area contributed by atoms with Gasteiger partial charge in [-0.25, -0.2) is 13.8 Å².